The van der Waals surface area contributed by atoms with Gasteiger partial charge in [-0.2, -0.15) is 0 Å². The molecule has 1 aliphatic carbocycles. The normalized spacial score (nSPS) is 22.8. The van der Waals surface area contributed by atoms with E-state index in [1.54, 1.807) is 6.08 Å². The minimum atomic E-state index is -0.339. The van der Waals surface area contributed by atoms with Gasteiger partial charge in [0.2, 0.25) is 0 Å². The Labute approximate surface area is 219 Å². The fourth-order valence-corrected chi connectivity index (χ4v) is 6.15. The van der Waals surface area contributed by atoms with Gasteiger partial charge in [0.15, 0.2) is 0 Å². The number of carbonyl (C=O) groups is 2. The predicted molar refractivity (Wildman–Crippen MR) is 144 cm³/mol. The molecule has 2 aliphatic heterocycles. The topological polar surface area (TPSA) is 79.9 Å². The van der Waals surface area contributed by atoms with Gasteiger partial charge in [-0.3, -0.25) is 4.79 Å². The van der Waals surface area contributed by atoms with E-state index in [4.69, 9.17) is 9.47 Å². The number of likely N-dealkylation sites (tertiary alicyclic amines) is 1. The highest BCUT2D eigenvalue weighted by atomic mass is 16.6. The van der Waals surface area contributed by atoms with E-state index in [0.717, 1.165) is 61.1 Å². The van der Waals surface area contributed by atoms with Crippen molar-refractivity contribution in [1.29, 1.82) is 0 Å². The van der Waals surface area contributed by atoms with Crippen LogP contribution in [0.1, 0.15) is 79.0 Å². The van der Waals surface area contributed by atoms with Gasteiger partial charge in [-0.05, 0) is 74.1 Å². The molecule has 2 fully saturated rings. The van der Waals surface area contributed by atoms with E-state index in [0.29, 0.717) is 18.7 Å². The summed E-state index contributed by atoms with van der Waals surface area (Å²) in [6.07, 6.45) is 7.49. The number of rotatable bonds is 7. The second-order valence-electron chi connectivity index (χ2n) is 10.2. The molecule has 7 nitrogen and oxygen atoms in total. The van der Waals surface area contributed by atoms with Crippen LogP contribution in [0.15, 0.2) is 55.1 Å². The molecule has 0 spiro atoms. The van der Waals surface area contributed by atoms with E-state index >= 15 is 0 Å². The van der Waals surface area contributed by atoms with Crippen LogP contribution >= 0.6 is 0 Å². The highest BCUT2D eigenvalue weighted by Crippen LogP contribution is 2.50. The molecule has 2 aromatic rings. The van der Waals surface area contributed by atoms with Gasteiger partial charge in [0, 0.05) is 29.8 Å². The average molecular weight is 504 g/mol. The maximum absolute atomic E-state index is 13.2. The van der Waals surface area contributed by atoms with Gasteiger partial charge in [-0.15, -0.1) is 0 Å². The van der Waals surface area contributed by atoms with Crippen molar-refractivity contribution in [3.63, 3.8) is 0 Å². The highest BCUT2D eigenvalue weighted by Gasteiger charge is 2.45. The maximum Gasteiger partial charge on any atom is 0.410 e. The summed E-state index contributed by atoms with van der Waals surface area (Å²) in [4.78, 5) is 28.1. The molecule has 0 aromatic heterocycles. The molecule has 1 saturated carbocycles. The van der Waals surface area contributed by atoms with Crippen LogP contribution in [-0.2, 0) is 4.74 Å². The molecule has 0 radical (unpaired) electrons. The molecule has 2 aromatic carbocycles. The number of anilines is 1. The molecule has 3 atom stereocenters. The van der Waals surface area contributed by atoms with Crippen molar-refractivity contribution in [2.24, 2.45) is 5.92 Å². The first-order valence-electron chi connectivity index (χ1n) is 13.6. The van der Waals surface area contributed by atoms with Crippen LogP contribution in [0.25, 0.3) is 0 Å². The molecule has 5 rings (SSSR count). The minimum Gasteiger partial charge on any atom is -0.494 e. The molecule has 2 heterocycles. The summed E-state index contributed by atoms with van der Waals surface area (Å²) in [7, 11) is 0. The Bertz CT molecular complexity index is 1130. The molecule has 1 unspecified atom stereocenters. The number of piperidine rings is 1. The summed E-state index contributed by atoms with van der Waals surface area (Å²) in [6, 6.07) is 14.1. The van der Waals surface area contributed by atoms with Crippen LogP contribution in [-0.4, -0.2) is 42.7 Å². The van der Waals surface area contributed by atoms with Gasteiger partial charge >= 0.3 is 6.09 Å². The van der Waals surface area contributed by atoms with Crippen molar-refractivity contribution in [3.8, 4) is 5.75 Å². The van der Waals surface area contributed by atoms with Crippen LogP contribution in [0.2, 0.25) is 0 Å². The van der Waals surface area contributed by atoms with Crippen LogP contribution < -0.4 is 15.4 Å². The molecule has 37 heavy (non-hydrogen) atoms. The van der Waals surface area contributed by atoms with E-state index in [9.17, 15) is 9.59 Å². The fourth-order valence-electron chi connectivity index (χ4n) is 6.15. The van der Waals surface area contributed by atoms with Gasteiger partial charge in [0.05, 0.1) is 18.7 Å². The molecule has 7 heteroatoms. The smallest absolute Gasteiger partial charge is 0.410 e. The quantitative estimate of drug-likeness (QED) is 0.453. The number of hydrogen-bond donors (Lipinski definition) is 2. The Morgan fingerprint density at radius 3 is 2.62 bits per heavy atom. The Kier molecular flexibility index (Phi) is 7.68. The third kappa shape index (κ3) is 5.31. The first-order valence-corrected chi connectivity index (χ1v) is 13.6. The molecule has 3 aliphatic rings. The third-order valence-corrected chi connectivity index (χ3v) is 7.85. The van der Waals surface area contributed by atoms with Gasteiger partial charge in [-0.1, -0.05) is 37.6 Å². The summed E-state index contributed by atoms with van der Waals surface area (Å²) in [5, 5.41) is 6.94. The number of nitrogens with one attached hydrogen (secondary N) is 2. The lowest BCUT2D eigenvalue weighted by Gasteiger charge is -2.48. The summed E-state index contributed by atoms with van der Waals surface area (Å²) >= 11 is 0. The largest absolute Gasteiger partial charge is 0.494 e. The van der Waals surface area contributed by atoms with Gasteiger partial charge in [0.25, 0.3) is 5.91 Å². The Balaban J connectivity index is 1.49. The number of carbonyl (C=O) groups excluding carboxylic acids is 2. The van der Waals surface area contributed by atoms with Crippen molar-refractivity contribution in [3.05, 3.63) is 71.8 Å². The number of benzene rings is 2. The Hall–Kier alpha value is -3.48. The van der Waals surface area contributed by atoms with Gasteiger partial charge in [0.1, 0.15) is 12.4 Å². The number of ether oxygens (including phenoxy) is 2. The zero-order chi connectivity index (χ0) is 25.8. The predicted octanol–water partition coefficient (Wildman–Crippen LogP) is 6.00. The van der Waals surface area contributed by atoms with E-state index in [1.807, 2.05) is 42.2 Å². The number of hydrogen-bond acceptors (Lipinski definition) is 5. The minimum absolute atomic E-state index is 0.0151. The van der Waals surface area contributed by atoms with Gasteiger partial charge < -0.3 is 25.0 Å². The lowest BCUT2D eigenvalue weighted by atomic mass is 9.74. The van der Waals surface area contributed by atoms with Crippen molar-refractivity contribution < 1.29 is 19.1 Å². The van der Waals surface area contributed by atoms with Crippen LogP contribution in [0.4, 0.5) is 10.5 Å². The lowest BCUT2D eigenvalue weighted by molar-refractivity contribution is 0.0505. The van der Waals surface area contributed by atoms with E-state index < -0.39 is 0 Å². The number of nitrogens with zero attached hydrogens (tertiary/aromatic N) is 1. The standard InChI is InChI=1S/C30H37N3O4/c1-3-18-37-30(35)33-17-7-10-24-27(20-11-14-23(15-12-20)36-4-2)32-26-16-13-21(19-25(26)28(24)33)29(34)31-22-8-5-6-9-22/h3,11-16,19,22,24,27-28,32H,1,4-10,17-18H2,2H3,(H,31,34)/t24-,27?,28-/m0/s1. The van der Waals surface area contributed by atoms with E-state index in [1.165, 1.54) is 0 Å². The lowest BCUT2D eigenvalue weighted by Crippen LogP contribution is -2.48. The second-order valence-corrected chi connectivity index (χ2v) is 10.2. The van der Waals surface area contributed by atoms with Crippen molar-refractivity contribution in [2.45, 2.75) is 63.6 Å². The zero-order valence-corrected chi connectivity index (χ0v) is 21.6. The fraction of sp³-hybridized carbons (Fsp3) is 0.467. The van der Waals surface area contributed by atoms with Crippen molar-refractivity contribution in [2.75, 3.05) is 25.1 Å². The SMILES string of the molecule is C=CCOC(=O)N1CCC[C@H]2C(c3ccc(OCC)cc3)Nc3ccc(C(=O)NC4CCCC4)cc3[C@H]21. The summed E-state index contributed by atoms with van der Waals surface area (Å²) < 4.78 is 11.1. The third-order valence-electron chi connectivity index (χ3n) is 7.85. The number of amides is 2. The molecule has 0 bridgehead atoms. The molecular weight excluding hydrogens is 466 g/mol. The van der Waals surface area contributed by atoms with Gasteiger partial charge in [-0.25, -0.2) is 4.79 Å². The van der Waals surface area contributed by atoms with E-state index in [2.05, 4.69) is 29.3 Å². The molecule has 2 N–H and O–H groups in total. The Morgan fingerprint density at radius 1 is 1.11 bits per heavy atom. The molecule has 2 amide bonds. The summed E-state index contributed by atoms with van der Waals surface area (Å²) in [6.45, 7) is 7.06. The second kappa shape index (κ2) is 11.3. The average Bonchev–Trinajstić information content (AvgIpc) is 3.44. The first-order chi connectivity index (χ1) is 18.1. The monoisotopic (exact) mass is 503 g/mol. The van der Waals surface area contributed by atoms with Crippen LogP contribution in [0, 0.1) is 5.92 Å². The molecule has 196 valence electrons. The maximum atomic E-state index is 13.2. The molecular formula is C30H37N3O4. The number of fused-ring (bicyclic) bond motifs is 3. The molecule has 1 saturated heterocycles. The summed E-state index contributed by atoms with van der Waals surface area (Å²) in [5.74, 6) is 0.926. The first kappa shape index (κ1) is 25.2. The Morgan fingerprint density at radius 2 is 1.89 bits per heavy atom. The van der Waals surface area contributed by atoms with E-state index in [-0.39, 0.29) is 42.7 Å². The van der Waals surface area contributed by atoms with Crippen LogP contribution in [0.3, 0.4) is 0 Å². The summed E-state index contributed by atoms with van der Waals surface area (Å²) in [5.41, 5.74) is 3.70. The van der Waals surface area contributed by atoms with Crippen molar-refractivity contribution in [1.82, 2.24) is 10.2 Å². The van der Waals surface area contributed by atoms with Crippen molar-refractivity contribution >= 4 is 17.7 Å². The highest BCUT2D eigenvalue weighted by molar-refractivity contribution is 5.95. The van der Waals surface area contributed by atoms with Crippen LogP contribution in [0.5, 0.6) is 5.75 Å². The zero-order valence-electron chi connectivity index (χ0n) is 21.6.